The van der Waals surface area contributed by atoms with E-state index in [1.165, 1.54) is 19.3 Å². The van der Waals surface area contributed by atoms with E-state index in [9.17, 15) is 4.79 Å². The lowest BCUT2D eigenvalue weighted by molar-refractivity contribution is -0.142. The van der Waals surface area contributed by atoms with Crippen LogP contribution < -0.4 is 9.80 Å². The van der Waals surface area contributed by atoms with E-state index >= 15 is 0 Å². The molecule has 6 heteroatoms. The van der Waals surface area contributed by atoms with Gasteiger partial charge in [0.25, 0.3) is 0 Å². The molecule has 0 unspecified atom stereocenters. The topological polar surface area (TPSA) is 69.6 Å². The summed E-state index contributed by atoms with van der Waals surface area (Å²) in [5.74, 6) is 0.839. The first-order chi connectivity index (χ1) is 10.2. The Labute approximate surface area is 124 Å². The number of carboxylic acid groups (broad SMARTS) is 1. The van der Waals surface area contributed by atoms with Gasteiger partial charge in [0, 0.05) is 32.4 Å². The Morgan fingerprint density at radius 3 is 2.48 bits per heavy atom. The number of rotatable bonds is 3. The smallest absolute Gasteiger partial charge is 0.306 e. The normalized spacial score (nSPS) is 20.6. The largest absolute Gasteiger partial charge is 0.481 e. The average Bonchev–Trinajstić information content (AvgIpc) is 2.56. The molecule has 3 heterocycles. The number of anilines is 2. The predicted octanol–water partition coefficient (Wildman–Crippen LogP) is 1.77. The highest BCUT2D eigenvalue weighted by Gasteiger charge is 2.26. The lowest BCUT2D eigenvalue weighted by Gasteiger charge is -2.32. The SMILES string of the molecule is O=C(O)C1CCN(c2nccc(N3CCCCC3)n2)CC1. The number of carboxylic acids is 1. The van der Waals surface area contributed by atoms with Gasteiger partial charge in [-0.05, 0) is 38.2 Å². The fraction of sp³-hybridized carbons (Fsp3) is 0.667. The number of piperidine rings is 2. The Morgan fingerprint density at radius 2 is 1.81 bits per heavy atom. The van der Waals surface area contributed by atoms with E-state index in [1.807, 2.05) is 12.3 Å². The van der Waals surface area contributed by atoms with Gasteiger partial charge in [0.1, 0.15) is 5.82 Å². The van der Waals surface area contributed by atoms with Gasteiger partial charge in [-0.2, -0.15) is 4.98 Å². The first-order valence-electron chi connectivity index (χ1n) is 7.80. The van der Waals surface area contributed by atoms with Crippen molar-refractivity contribution < 1.29 is 9.90 Å². The Hall–Kier alpha value is -1.85. The monoisotopic (exact) mass is 290 g/mol. The van der Waals surface area contributed by atoms with Crippen LogP contribution in [0.15, 0.2) is 12.3 Å². The van der Waals surface area contributed by atoms with Crippen molar-refractivity contribution in [2.45, 2.75) is 32.1 Å². The first-order valence-corrected chi connectivity index (χ1v) is 7.80. The van der Waals surface area contributed by atoms with Crippen molar-refractivity contribution in [3.8, 4) is 0 Å². The zero-order chi connectivity index (χ0) is 14.7. The number of nitrogens with zero attached hydrogens (tertiary/aromatic N) is 4. The minimum atomic E-state index is -0.683. The number of hydrogen-bond donors (Lipinski definition) is 1. The van der Waals surface area contributed by atoms with Gasteiger partial charge >= 0.3 is 5.97 Å². The van der Waals surface area contributed by atoms with Crippen LogP contribution in [0.3, 0.4) is 0 Å². The molecule has 0 aliphatic carbocycles. The summed E-state index contributed by atoms with van der Waals surface area (Å²) in [4.78, 5) is 24.5. The average molecular weight is 290 g/mol. The molecule has 0 saturated carbocycles. The van der Waals surface area contributed by atoms with Crippen LogP contribution >= 0.6 is 0 Å². The summed E-state index contributed by atoms with van der Waals surface area (Å²) in [5.41, 5.74) is 0. The zero-order valence-electron chi connectivity index (χ0n) is 12.2. The molecule has 114 valence electrons. The molecule has 0 aromatic carbocycles. The minimum absolute atomic E-state index is 0.216. The molecule has 0 atom stereocenters. The quantitative estimate of drug-likeness (QED) is 0.915. The standard InChI is InChI=1S/C15H22N4O2/c20-14(21)12-5-10-19(11-6-12)15-16-7-4-13(17-15)18-8-2-1-3-9-18/h4,7,12H,1-3,5-6,8-11H2,(H,20,21). The second-order valence-corrected chi connectivity index (χ2v) is 5.86. The van der Waals surface area contributed by atoms with Crippen LogP contribution in [0.25, 0.3) is 0 Å². The zero-order valence-corrected chi connectivity index (χ0v) is 12.2. The Morgan fingerprint density at radius 1 is 1.10 bits per heavy atom. The van der Waals surface area contributed by atoms with Crippen LogP contribution in [0.4, 0.5) is 11.8 Å². The summed E-state index contributed by atoms with van der Waals surface area (Å²) >= 11 is 0. The third-order valence-corrected chi connectivity index (χ3v) is 4.44. The summed E-state index contributed by atoms with van der Waals surface area (Å²) in [6.45, 7) is 3.58. The Balaban J connectivity index is 1.67. The molecule has 1 aromatic heterocycles. The van der Waals surface area contributed by atoms with E-state index in [0.717, 1.165) is 37.9 Å². The predicted molar refractivity (Wildman–Crippen MR) is 80.7 cm³/mol. The van der Waals surface area contributed by atoms with Crippen molar-refractivity contribution in [3.63, 3.8) is 0 Å². The summed E-state index contributed by atoms with van der Waals surface area (Å²) in [6, 6.07) is 1.97. The lowest BCUT2D eigenvalue weighted by Crippen LogP contribution is -2.37. The number of aromatic nitrogens is 2. The van der Waals surface area contributed by atoms with E-state index in [4.69, 9.17) is 5.11 Å². The van der Waals surface area contributed by atoms with Crippen molar-refractivity contribution >= 4 is 17.7 Å². The molecular weight excluding hydrogens is 268 g/mol. The third kappa shape index (κ3) is 3.25. The molecule has 0 amide bonds. The van der Waals surface area contributed by atoms with E-state index in [0.29, 0.717) is 12.8 Å². The van der Waals surface area contributed by atoms with Gasteiger partial charge in [0.2, 0.25) is 5.95 Å². The highest BCUT2D eigenvalue weighted by molar-refractivity contribution is 5.70. The van der Waals surface area contributed by atoms with Gasteiger partial charge < -0.3 is 14.9 Å². The summed E-state index contributed by atoms with van der Waals surface area (Å²) < 4.78 is 0. The van der Waals surface area contributed by atoms with Crippen molar-refractivity contribution in [1.29, 1.82) is 0 Å². The molecule has 2 saturated heterocycles. The van der Waals surface area contributed by atoms with Crippen LogP contribution in [0.2, 0.25) is 0 Å². The summed E-state index contributed by atoms with van der Waals surface area (Å²) in [6.07, 6.45) is 6.92. The third-order valence-electron chi connectivity index (χ3n) is 4.44. The first kappa shape index (κ1) is 14.1. The van der Waals surface area contributed by atoms with Gasteiger partial charge in [-0.25, -0.2) is 4.98 Å². The Kier molecular flexibility index (Phi) is 4.22. The molecule has 2 fully saturated rings. The van der Waals surface area contributed by atoms with Gasteiger partial charge in [-0.3, -0.25) is 4.79 Å². The van der Waals surface area contributed by atoms with Crippen molar-refractivity contribution in [1.82, 2.24) is 9.97 Å². The summed E-state index contributed by atoms with van der Waals surface area (Å²) in [7, 11) is 0. The minimum Gasteiger partial charge on any atom is -0.481 e. The van der Waals surface area contributed by atoms with Crippen LogP contribution in [-0.4, -0.2) is 47.2 Å². The highest BCUT2D eigenvalue weighted by Crippen LogP contribution is 2.23. The fourth-order valence-corrected chi connectivity index (χ4v) is 3.12. The maximum Gasteiger partial charge on any atom is 0.306 e. The molecule has 6 nitrogen and oxygen atoms in total. The number of carbonyl (C=O) groups is 1. The molecule has 2 aliphatic rings. The van der Waals surface area contributed by atoms with Crippen molar-refractivity contribution in [3.05, 3.63) is 12.3 Å². The molecule has 3 rings (SSSR count). The molecule has 0 spiro atoms. The molecule has 1 N–H and O–H groups in total. The van der Waals surface area contributed by atoms with Crippen molar-refractivity contribution in [2.24, 2.45) is 5.92 Å². The second-order valence-electron chi connectivity index (χ2n) is 5.86. The number of aliphatic carboxylic acids is 1. The van der Waals surface area contributed by atoms with E-state index in [1.54, 1.807) is 0 Å². The summed E-state index contributed by atoms with van der Waals surface area (Å²) in [5, 5.41) is 9.05. The maximum atomic E-state index is 11.0. The van der Waals surface area contributed by atoms with Gasteiger partial charge in [0.15, 0.2) is 0 Å². The van der Waals surface area contributed by atoms with E-state index in [-0.39, 0.29) is 5.92 Å². The molecular formula is C15H22N4O2. The van der Waals surface area contributed by atoms with Crippen LogP contribution in [0.5, 0.6) is 0 Å². The second kappa shape index (κ2) is 6.28. The van der Waals surface area contributed by atoms with Crippen LogP contribution in [0.1, 0.15) is 32.1 Å². The number of hydrogen-bond acceptors (Lipinski definition) is 5. The van der Waals surface area contributed by atoms with E-state index < -0.39 is 5.97 Å². The lowest BCUT2D eigenvalue weighted by atomic mass is 9.97. The van der Waals surface area contributed by atoms with Crippen LogP contribution in [-0.2, 0) is 4.79 Å². The van der Waals surface area contributed by atoms with Gasteiger partial charge in [-0.15, -0.1) is 0 Å². The molecule has 1 aromatic rings. The molecule has 0 radical (unpaired) electrons. The van der Waals surface area contributed by atoms with Gasteiger partial charge in [-0.1, -0.05) is 0 Å². The van der Waals surface area contributed by atoms with Gasteiger partial charge in [0.05, 0.1) is 5.92 Å². The molecule has 2 aliphatic heterocycles. The maximum absolute atomic E-state index is 11.0. The molecule has 0 bridgehead atoms. The Bertz CT molecular complexity index is 494. The van der Waals surface area contributed by atoms with Crippen LogP contribution in [0, 0.1) is 5.92 Å². The van der Waals surface area contributed by atoms with Crippen molar-refractivity contribution in [2.75, 3.05) is 36.0 Å². The fourth-order valence-electron chi connectivity index (χ4n) is 3.12. The molecule has 21 heavy (non-hydrogen) atoms. The van der Waals surface area contributed by atoms with E-state index in [2.05, 4.69) is 19.8 Å². The highest BCUT2D eigenvalue weighted by atomic mass is 16.4.